The van der Waals surface area contributed by atoms with Crippen LogP contribution in [0.2, 0.25) is 0 Å². The molecule has 4 heteroatoms. The minimum absolute atomic E-state index is 0.248. The Morgan fingerprint density at radius 2 is 1.88 bits per heavy atom. The molecule has 0 aromatic carbocycles. The normalized spacial score (nSPS) is 32.6. The molecular weight excluding hydrogens is 214 g/mol. The van der Waals surface area contributed by atoms with Gasteiger partial charge in [-0.2, -0.15) is 0 Å². The molecule has 2 aliphatic rings. The SMILES string of the molecule is CC1CN(C(N)=NC2C(C)(C)C2(C)C)CCO1. The molecule has 4 nitrogen and oxygen atoms in total. The Balaban J connectivity index is 2.03. The lowest BCUT2D eigenvalue weighted by atomic mass is 10.0. The topological polar surface area (TPSA) is 50.8 Å². The summed E-state index contributed by atoms with van der Waals surface area (Å²) in [5.41, 5.74) is 6.63. The Bertz CT molecular complexity index is 322. The van der Waals surface area contributed by atoms with Gasteiger partial charge in [-0.15, -0.1) is 0 Å². The summed E-state index contributed by atoms with van der Waals surface area (Å²) in [7, 11) is 0. The minimum atomic E-state index is 0.248. The van der Waals surface area contributed by atoms with E-state index < -0.39 is 0 Å². The van der Waals surface area contributed by atoms with E-state index in [1.165, 1.54) is 0 Å². The third-order valence-corrected chi connectivity index (χ3v) is 4.77. The first-order valence-electron chi connectivity index (χ1n) is 6.46. The summed E-state index contributed by atoms with van der Waals surface area (Å²) >= 11 is 0. The summed E-state index contributed by atoms with van der Waals surface area (Å²) in [6, 6.07) is 0.341. The van der Waals surface area contributed by atoms with Gasteiger partial charge in [0.1, 0.15) is 0 Å². The van der Waals surface area contributed by atoms with Crippen molar-refractivity contribution in [2.24, 2.45) is 21.6 Å². The molecule has 2 fully saturated rings. The van der Waals surface area contributed by atoms with Gasteiger partial charge in [0.2, 0.25) is 0 Å². The third-order valence-electron chi connectivity index (χ3n) is 4.77. The second-order valence-electron chi connectivity index (χ2n) is 6.46. The van der Waals surface area contributed by atoms with Crippen LogP contribution in [-0.4, -0.2) is 42.7 Å². The first-order valence-corrected chi connectivity index (χ1v) is 6.46. The highest BCUT2D eigenvalue weighted by atomic mass is 16.5. The van der Waals surface area contributed by atoms with Gasteiger partial charge in [-0.1, -0.05) is 27.7 Å². The number of morpholine rings is 1. The molecule has 0 spiro atoms. The highest BCUT2D eigenvalue weighted by Crippen LogP contribution is 2.64. The van der Waals surface area contributed by atoms with E-state index in [1.807, 2.05) is 0 Å². The highest BCUT2D eigenvalue weighted by Gasteiger charge is 2.65. The van der Waals surface area contributed by atoms with Crippen LogP contribution in [-0.2, 0) is 4.74 Å². The molecule has 1 unspecified atom stereocenters. The van der Waals surface area contributed by atoms with Gasteiger partial charge in [0.15, 0.2) is 5.96 Å². The lowest BCUT2D eigenvalue weighted by Gasteiger charge is -2.32. The lowest BCUT2D eigenvalue weighted by molar-refractivity contribution is 0.00526. The van der Waals surface area contributed by atoms with Crippen LogP contribution >= 0.6 is 0 Å². The van der Waals surface area contributed by atoms with E-state index in [1.54, 1.807) is 0 Å². The van der Waals surface area contributed by atoms with E-state index in [-0.39, 0.29) is 16.9 Å². The van der Waals surface area contributed by atoms with Crippen LogP contribution in [0.5, 0.6) is 0 Å². The Morgan fingerprint density at radius 1 is 1.29 bits per heavy atom. The van der Waals surface area contributed by atoms with E-state index in [0.29, 0.717) is 12.0 Å². The van der Waals surface area contributed by atoms with Gasteiger partial charge in [-0.05, 0) is 17.8 Å². The molecule has 1 saturated heterocycles. The van der Waals surface area contributed by atoms with E-state index >= 15 is 0 Å². The number of nitrogens with zero attached hydrogens (tertiary/aromatic N) is 2. The molecule has 0 aromatic rings. The predicted molar refractivity (Wildman–Crippen MR) is 70.0 cm³/mol. The zero-order chi connectivity index (χ0) is 12.8. The van der Waals surface area contributed by atoms with Crippen LogP contribution < -0.4 is 5.73 Å². The first kappa shape index (κ1) is 12.7. The molecule has 17 heavy (non-hydrogen) atoms. The van der Waals surface area contributed by atoms with Gasteiger partial charge in [0, 0.05) is 13.1 Å². The van der Waals surface area contributed by atoms with Crippen molar-refractivity contribution >= 4 is 5.96 Å². The van der Waals surface area contributed by atoms with Crippen LogP contribution in [0.15, 0.2) is 4.99 Å². The van der Waals surface area contributed by atoms with E-state index in [2.05, 4.69) is 39.5 Å². The van der Waals surface area contributed by atoms with Crippen molar-refractivity contribution in [1.82, 2.24) is 4.90 Å². The van der Waals surface area contributed by atoms with Gasteiger partial charge in [-0.25, -0.2) is 4.99 Å². The molecule has 1 heterocycles. The second kappa shape index (κ2) is 3.87. The Labute approximate surface area is 104 Å². The van der Waals surface area contributed by atoms with Gasteiger partial charge < -0.3 is 15.4 Å². The van der Waals surface area contributed by atoms with Gasteiger partial charge in [0.25, 0.3) is 0 Å². The quantitative estimate of drug-likeness (QED) is 0.556. The average molecular weight is 239 g/mol. The maximum atomic E-state index is 6.11. The number of hydrogen-bond acceptors (Lipinski definition) is 2. The molecule has 2 rings (SSSR count). The van der Waals surface area contributed by atoms with Crippen LogP contribution in [0, 0.1) is 10.8 Å². The average Bonchev–Trinajstić information content (AvgIpc) is 2.61. The summed E-state index contributed by atoms with van der Waals surface area (Å²) in [5.74, 6) is 0.684. The van der Waals surface area contributed by atoms with Crippen molar-refractivity contribution in [3.8, 4) is 0 Å². The van der Waals surface area contributed by atoms with E-state index in [4.69, 9.17) is 15.5 Å². The molecule has 1 saturated carbocycles. The van der Waals surface area contributed by atoms with Gasteiger partial charge in [-0.3, -0.25) is 0 Å². The summed E-state index contributed by atoms with van der Waals surface area (Å²) in [6.07, 6.45) is 0.248. The largest absolute Gasteiger partial charge is 0.375 e. The fraction of sp³-hybridized carbons (Fsp3) is 0.923. The van der Waals surface area contributed by atoms with Crippen molar-refractivity contribution in [1.29, 1.82) is 0 Å². The predicted octanol–water partition coefficient (Wildman–Crippen LogP) is 1.46. The smallest absolute Gasteiger partial charge is 0.191 e. The minimum Gasteiger partial charge on any atom is -0.375 e. The number of hydrogen-bond donors (Lipinski definition) is 1. The molecule has 0 radical (unpaired) electrons. The molecule has 1 aliphatic heterocycles. The van der Waals surface area contributed by atoms with Crippen molar-refractivity contribution in [2.45, 2.75) is 46.8 Å². The monoisotopic (exact) mass is 239 g/mol. The van der Waals surface area contributed by atoms with Crippen molar-refractivity contribution in [2.75, 3.05) is 19.7 Å². The Kier molecular flexibility index (Phi) is 2.89. The van der Waals surface area contributed by atoms with Gasteiger partial charge >= 0.3 is 0 Å². The zero-order valence-corrected chi connectivity index (χ0v) is 11.7. The lowest BCUT2D eigenvalue weighted by Crippen LogP contribution is -2.48. The third kappa shape index (κ3) is 2.03. The number of aliphatic imine (C=N–C) groups is 1. The fourth-order valence-corrected chi connectivity index (χ4v) is 2.72. The van der Waals surface area contributed by atoms with Crippen molar-refractivity contribution in [3.63, 3.8) is 0 Å². The number of ether oxygens (including phenoxy) is 1. The highest BCUT2D eigenvalue weighted by molar-refractivity contribution is 5.78. The molecule has 0 amide bonds. The molecule has 1 aliphatic carbocycles. The maximum Gasteiger partial charge on any atom is 0.191 e. The second-order valence-corrected chi connectivity index (χ2v) is 6.46. The Morgan fingerprint density at radius 3 is 2.35 bits per heavy atom. The summed E-state index contributed by atoms with van der Waals surface area (Å²) in [5, 5.41) is 0. The summed E-state index contributed by atoms with van der Waals surface area (Å²) in [4.78, 5) is 6.85. The fourth-order valence-electron chi connectivity index (χ4n) is 2.72. The molecular formula is C13H25N3O. The van der Waals surface area contributed by atoms with Gasteiger partial charge in [0.05, 0.1) is 18.8 Å². The molecule has 0 aromatic heterocycles. The molecule has 0 bridgehead atoms. The standard InChI is InChI=1S/C13H25N3O/c1-9-8-16(6-7-17-9)11(14)15-10-12(2,3)13(10,4)5/h9-10H,6-8H2,1-5H3,(H2,14,15). The number of guanidine groups is 1. The first-order chi connectivity index (χ1) is 7.76. The van der Waals surface area contributed by atoms with Crippen molar-refractivity contribution in [3.05, 3.63) is 0 Å². The molecule has 2 N–H and O–H groups in total. The molecule has 98 valence electrons. The van der Waals surface area contributed by atoms with Crippen LogP contribution in [0.4, 0.5) is 0 Å². The Hall–Kier alpha value is -0.770. The summed E-state index contributed by atoms with van der Waals surface area (Å²) < 4.78 is 5.51. The maximum absolute atomic E-state index is 6.11. The van der Waals surface area contributed by atoms with E-state index in [9.17, 15) is 0 Å². The number of nitrogens with two attached hydrogens (primary N) is 1. The molecule has 1 atom stereocenters. The number of rotatable bonds is 1. The van der Waals surface area contributed by atoms with Crippen LogP contribution in [0.25, 0.3) is 0 Å². The van der Waals surface area contributed by atoms with Crippen LogP contribution in [0.3, 0.4) is 0 Å². The van der Waals surface area contributed by atoms with Crippen molar-refractivity contribution < 1.29 is 4.74 Å². The van der Waals surface area contributed by atoms with Crippen LogP contribution in [0.1, 0.15) is 34.6 Å². The summed E-state index contributed by atoms with van der Waals surface area (Å²) in [6.45, 7) is 13.6. The van der Waals surface area contributed by atoms with E-state index in [0.717, 1.165) is 19.7 Å². The zero-order valence-electron chi connectivity index (χ0n) is 11.7.